The molecule has 6 N–H and O–H groups in total. The van der Waals surface area contributed by atoms with E-state index in [1.54, 1.807) is 39.6 Å². The second kappa shape index (κ2) is 11.3. The number of anilines is 2. The maximum Gasteiger partial charge on any atom is 0.259 e. The summed E-state index contributed by atoms with van der Waals surface area (Å²) in [5, 5.41) is 5.78. The molecule has 2 aromatic heterocycles. The third-order valence-electron chi connectivity index (χ3n) is 4.09. The van der Waals surface area contributed by atoms with Gasteiger partial charge in [-0.1, -0.05) is 0 Å². The smallest absolute Gasteiger partial charge is 0.259 e. The summed E-state index contributed by atoms with van der Waals surface area (Å²) >= 11 is 0. The zero-order chi connectivity index (χ0) is 21.9. The number of amides is 1. The van der Waals surface area contributed by atoms with Gasteiger partial charge in [0.05, 0.1) is 65.8 Å². The van der Waals surface area contributed by atoms with E-state index in [1.807, 2.05) is 0 Å². The van der Waals surface area contributed by atoms with Crippen molar-refractivity contribution < 1.29 is 9.53 Å². The lowest BCUT2D eigenvalue weighted by atomic mass is 10.1. The van der Waals surface area contributed by atoms with Crippen LogP contribution in [0.3, 0.4) is 0 Å². The summed E-state index contributed by atoms with van der Waals surface area (Å²) in [5.74, 6) is -0.423. The molecule has 0 bridgehead atoms. The van der Waals surface area contributed by atoms with Gasteiger partial charge in [-0.3, -0.25) is 24.7 Å². The van der Waals surface area contributed by atoms with E-state index in [4.69, 9.17) is 16.2 Å². The van der Waals surface area contributed by atoms with Gasteiger partial charge in [0.25, 0.3) is 5.91 Å². The van der Waals surface area contributed by atoms with Gasteiger partial charge in [0.15, 0.2) is 0 Å². The van der Waals surface area contributed by atoms with Gasteiger partial charge in [0.1, 0.15) is 0 Å². The number of aromatic nitrogens is 3. The number of hydrogen-bond donors (Lipinski definition) is 4. The molecule has 0 fully saturated rings. The van der Waals surface area contributed by atoms with E-state index in [1.165, 1.54) is 24.8 Å². The molecule has 0 saturated heterocycles. The van der Waals surface area contributed by atoms with Crippen LogP contribution < -0.4 is 22.1 Å². The molecule has 10 nitrogen and oxygen atoms in total. The number of carbonyl (C=O) groups excluding carboxylic acids is 1. The molecule has 158 valence electrons. The topological polar surface area (TPSA) is 153 Å². The predicted octanol–water partition coefficient (Wildman–Crippen LogP) is 1.18. The first-order valence-corrected chi connectivity index (χ1v) is 9.15. The zero-order valence-corrected chi connectivity index (χ0v) is 17.2. The Balaban J connectivity index is 2.17. The number of aryl methyl sites for hydroxylation is 1. The summed E-state index contributed by atoms with van der Waals surface area (Å²) in [6, 6.07) is 1.78. The Bertz CT molecular complexity index is 952. The molecule has 0 unspecified atom stereocenters. The van der Waals surface area contributed by atoms with Crippen molar-refractivity contribution in [2.45, 2.75) is 6.92 Å². The quantitative estimate of drug-likeness (QED) is 0.273. The number of hydrogen-bond acceptors (Lipinski definition) is 9. The Kier molecular flexibility index (Phi) is 8.45. The lowest BCUT2D eigenvalue weighted by molar-refractivity contribution is -0.111. The summed E-state index contributed by atoms with van der Waals surface area (Å²) in [7, 11) is 3.37. The van der Waals surface area contributed by atoms with Gasteiger partial charge in [-0.25, -0.2) is 0 Å². The molecule has 2 rings (SSSR count). The molecule has 2 aromatic rings. The fraction of sp³-hybridized carbons (Fsp3) is 0.250. The Labute approximate surface area is 175 Å². The van der Waals surface area contributed by atoms with E-state index in [-0.39, 0.29) is 5.57 Å². The van der Waals surface area contributed by atoms with Crippen LogP contribution in [0.15, 0.2) is 42.0 Å². The minimum Gasteiger partial charge on any atom is -0.404 e. The third kappa shape index (κ3) is 5.85. The number of allylic oxidation sites excluding steroid dienone is 1. The molecule has 0 spiro atoms. The molecule has 2 heterocycles. The van der Waals surface area contributed by atoms with Crippen LogP contribution in [0.1, 0.15) is 17.1 Å². The first kappa shape index (κ1) is 22.5. The van der Waals surface area contributed by atoms with Crippen molar-refractivity contribution in [3.8, 4) is 0 Å². The summed E-state index contributed by atoms with van der Waals surface area (Å²) < 4.78 is 4.95. The molecule has 1 amide bonds. The number of carbonyl (C=O) groups is 1. The van der Waals surface area contributed by atoms with Crippen LogP contribution in [0.2, 0.25) is 0 Å². The van der Waals surface area contributed by atoms with Crippen LogP contribution in [0.5, 0.6) is 0 Å². The highest BCUT2D eigenvalue weighted by molar-refractivity contribution is 6.24. The van der Waals surface area contributed by atoms with E-state index in [0.29, 0.717) is 41.5 Å². The minimum atomic E-state index is -0.423. The number of rotatable bonds is 9. The standard InChI is InChI=1S/C20H26N8O2/c1-13-17(6-15(23-2)10-25-13)28-20(29)16(8-22)19-12-26-18(11-27-19)14(7-21)9-24-4-5-30-3/h6-12,23H,4-5,21-22H2,1-3H3,(H,28,29)/b14-7+,16-8+,24-9?. The van der Waals surface area contributed by atoms with Crippen molar-refractivity contribution in [3.63, 3.8) is 0 Å². The first-order valence-electron chi connectivity index (χ1n) is 9.15. The highest BCUT2D eigenvalue weighted by Gasteiger charge is 2.16. The van der Waals surface area contributed by atoms with E-state index >= 15 is 0 Å². The number of pyridine rings is 1. The van der Waals surface area contributed by atoms with Crippen LogP contribution in [-0.2, 0) is 9.53 Å². The Hall–Kier alpha value is -3.79. The molecule has 0 atom stereocenters. The monoisotopic (exact) mass is 410 g/mol. The van der Waals surface area contributed by atoms with Crippen molar-refractivity contribution in [2.75, 3.05) is 37.9 Å². The number of methoxy groups -OCH3 is 1. The van der Waals surface area contributed by atoms with Gasteiger partial charge in [-0.15, -0.1) is 0 Å². The summed E-state index contributed by atoms with van der Waals surface area (Å²) in [5.41, 5.74) is 15.0. The van der Waals surface area contributed by atoms with Crippen molar-refractivity contribution in [3.05, 3.63) is 54.1 Å². The molecule has 0 saturated carbocycles. The third-order valence-corrected chi connectivity index (χ3v) is 4.09. The minimum absolute atomic E-state index is 0.176. The molecular formula is C20H26N8O2. The second-order valence-electron chi connectivity index (χ2n) is 6.08. The average molecular weight is 410 g/mol. The van der Waals surface area contributed by atoms with Crippen molar-refractivity contribution >= 4 is 34.6 Å². The Morgan fingerprint density at radius 1 is 1.17 bits per heavy atom. The highest BCUT2D eigenvalue weighted by atomic mass is 16.5. The summed E-state index contributed by atoms with van der Waals surface area (Å²) in [4.78, 5) is 29.8. The largest absolute Gasteiger partial charge is 0.404 e. The lowest BCUT2D eigenvalue weighted by Crippen LogP contribution is -2.17. The van der Waals surface area contributed by atoms with Crippen molar-refractivity contribution in [1.82, 2.24) is 15.0 Å². The molecule has 0 aromatic carbocycles. The number of nitrogens with zero attached hydrogens (tertiary/aromatic N) is 4. The van der Waals surface area contributed by atoms with Gasteiger partial charge in [0, 0.05) is 38.3 Å². The molecule has 0 radical (unpaired) electrons. The van der Waals surface area contributed by atoms with Crippen LogP contribution >= 0.6 is 0 Å². The van der Waals surface area contributed by atoms with Crippen molar-refractivity contribution in [1.29, 1.82) is 0 Å². The van der Waals surface area contributed by atoms with E-state index in [2.05, 4.69) is 30.6 Å². The number of aliphatic imine (C=N–C) groups is 1. The van der Waals surface area contributed by atoms with Gasteiger partial charge >= 0.3 is 0 Å². The predicted molar refractivity (Wildman–Crippen MR) is 119 cm³/mol. The SMILES string of the molecule is CNc1cnc(C)c(NC(=O)/C(=C/N)c2cnc(/C(C=NCCOC)=C/N)cn2)c1. The normalized spacial score (nSPS) is 12.2. The fourth-order valence-corrected chi connectivity index (χ4v) is 2.38. The van der Waals surface area contributed by atoms with Crippen LogP contribution in [-0.4, -0.2) is 54.4 Å². The second-order valence-corrected chi connectivity index (χ2v) is 6.08. The van der Waals surface area contributed by atoms with Gasteiger partial charge < -0.3 is 26.8 Å². The highest BCUT2D eigenvalue weighted by Crippen LogP contribution is 2.20. The molecule has 10 heteroatoms. The van der Waals surface area contributed by atoms with Crippen molar-refractivity contribution in [2.24, 2.45) is 16.5 Å². The van der Waals surface area contributed by atoms with Gasteiger partial charge in [-0.05, 0) is 13.0 Å². The molecule has 0 aliphatic carbocycles. The number of nitrogens with one attached hydrogen (secondary N) is 2. The maximum atomic E-state index is 12.7. The van der Waals surface area contributed by atoms with Gasteiger partial charge in [0.2, 0.25) is 0 Å². The lowest BCUT2D eigenvalue weighted by Gasteiger charge is -2.11. The Morgan fingerprint density at radius 2 is 1.90 bits per heavy atom. The van der Waals surface area contributed by atoms with Crippen LogP contribution in [0.4, 0.5) is 11.4 Å². The van der Waals surface area contributed by atoms with Crippen LogP contribution in [0, 0.1) is 6.92 Å². The number of nitrogens with two attached hydrogens (primary N) is 2. The Morgan fingerprint density at radius 3 is 2.50 bits per heavy atom. The van der Waals surface area contributed by atoms with E-state index in [9.17, 15) is 4.79 Å². The molecular weight excluding hydrogens is 384 g/mol. The zero-order valence-electron chi connectivity index (χ0n) is 17.2. The van der Waals surface area contributed by atoms with E-state index < -0.39 is 5.91 Å². The first-order chi connectivity index (χ1) is 14.5. The maximum absolute atomic E-state index is 12.7. The fourth-order valence-electron chi connectivity index (χ4n) is 2.38. The number of ether oxygens (including phenoxy) is 1. The van der Waals surface area contributed by atoms with E-state index in [0.717, 1.165) is 5.69 Å². The molecule has 0 aliphatic rings. The van der Waals surface area contributed by atoms with Gasteiger partial charge in [-0.2, -0.15) is 0 Å². The molecule has 0 aliphatic heterocycles. The summed E-state index contributed by atoms with van der Waals surface area (Å²) in [6.07, 6.45) is 8.80. The molecule has 30 heavy (non-hydrogen) atoms. The van der Waals surface area contributed by atoms with Crippen LogP contribution in [0.25, 0.3) is 11.1 Å². The summed E-state index contributed by atoms with van der Waals surface area (Å²) in [6.45, 7) is 2.80. The average Bonchev–Trinajstić information content (AvgIpc) is 2.76.